The van der Waals surface area contributed by atoms with Crippen molar-refractivity contribution in [2.75, 3.05) is 5.73 Å². The number of aromatic nitrogens is 3. The van der Waals surface area contributed by atoms with Crippen LogP contribution >= 0.6 is 11.6 Å². The first kappa shape index (κ1) is 11.7. The van der Waals surface area contributed by atoms with E-state index in [1.54, 1.807) is 6.07 Å². The Balaban J connectivity index is 2.52. The predicted molar refractivity (Wildman–Crippen MR) is 64.0 cm³/mol. The minimum Gasteiger partial charge on any atom is -0.368 e. The van der Waals surface area contributed by atoms with Crippen molar-refractivity contribution in [3.05, 3.63) is 34.9 Å². The molecule has 2 aromatic rings. The Hall–Kier alpha value is -1.75. The number of rotatable bonds is 2. The lowest BCUT2D eigenvalue weighted by Gasteiger charge is -2.04. The highest BCUT2D eigenvalue weighted by Gasteiger charge is 2.08. The molecular weight excluding hydrogens is 243 g/mol. The third-order valence-corrected chi connectivity index (χ3v) is 2.48. The lowest BCUT2D eigenvalue weighted by Crippen LogP contribution is -2.04. The van der Waals surface area contributed by atoms with Crippen LogP contribution in [-0.2, 0) is 6.42 Å². The number of hydrogen-bond acceptors (Lipinski definition) is 4. The quantitative estimate of drug-likeness (QED) is 0.892. The number of nitrogens with two attached hydrogens (primary N) is 1. The van der Waals surface area contributed by atoms with Crippen LogP contribution in [0.5, 0.6) is 0 Å². The fourth-order valence-corrected chi connectivity index (χ4v) is 1.54. The van der Waals surface area contributed by atoms with Gasteiger partial charge in [0.25, 0.3) is 0 Å². The molecule has 17 heavy (non-hydrogen) atoms. The Bertz CT molecular complexity index is 559. The van der Waals surface area contributed by atoms with Gasteiger partial charge in [-0.25, -0.2) is 9.37 Å². The standard InChI is InChI=1S/C11H10ClFN4/c1-2-9-15-10(17-11(14)16-9)6-3-4-8(13)7(12)5-6/h3-5H,2H2,1H3,(H2,14,15,16,17). The molecule has 0 spiro atoms. The van der Waals surface area contributed by atoms with Crippen molar-refractivity contribution in [3.63, 3.8) is 0 Å². The van der Waals surface area contributed by atoms with Gasteiger partial charge < -0.3 is 5.73 Å². The highest BCUT2D eigenvalue weighted by Crippen LogP contribution is 2.22. The van der Waals surface area contributed by atoms with E-state index >= 15 is 0 Å². The van der Waals surface area contributed by atoms with Crippen molar-refractivity contribution in [3.8, 4) is 11.4 Å². The van der Waals surface area contributed by atoms with Gasteiger partial charge in [0.2, 0.25) is 5.95 Å². The SMILES string of the molecule is CCc1nc(N)nc(-c2ccc(F)c(Cl)c2)n1. The number of hydrogen-bond donors (Lipinski definition) is 1. The molecule has 4 nitrogen and oxygen atoms in total. The van der Waals surface area contributed by atoms with Crippen LogP contribution in [0.3, 0.4) is 0 Å². The monoisotopic (exact) mass is 252 g/mol. The molecule has 0 fully saturated rings. The molecule has 0 saturated heterocycles. The Morgan fingerprint density at radius 1 is 1.29 bits per heavy atom. The Morgan fingerprint density at radius 2 is 2.06 bits per heavy atom. The van der Waals surface area contributed by atoms with Crippen LogP contribution in [0, 0.1) is 5.82 Å². The number of nitrogens with zero attached hydrogens (tertiary/aromatic N) is 3. The van der Waals surface area contributed by atoms with Gasteiger partial charge in [0.1, 0.15) is 11.6 Å². The molecule has 1 aromatic carbocycles. The van der Waals surface area contributed by atoms with Crippen LogP contribution in [-0.4, -0.2) is 15.0 Å². The van der Waals surface area contributed by atoms with Crippen molar-refractivity contribution in [2.24, 2.45) is 0 Å². The van der Waals surface area contributed by atoms with Crippen LogP contribution in [0.1, 0.15) is 12.7 Å². The van der Waals surface area contributed by atoms with Gasteiger partial charge in [-0.05, 0) is 18.2 Å². The zero-order chi connectivity index (χ0) is 12.4. The molecule has 0 aliphatic rings. The molecule has 0 radical (unpaired) electrons. The van der Waals surface area contributed by atoms with Gasteiger partial charge in [-0.3, -0.25) is 0 Å². The van der Waals surface area contributed by atoms with Gasteiger partial charge in [-0.2, -0.15) is 9.97 Å². The minimum atomic E-state index is -0.479. The van der Waals surface area contributed by atoms with Crippen LogP contribution in [0.2, 0.25) is 5.02 Å². The Morgan fingerprint density at radius 3 is 2.71 bits per heavy atom. The summed E-state index contributed by atoms with van der Waals surface area (Å²) in [6.07, 6.45) is 0.647. The number of benzene rings is 1. The molecule has 6 heteroatoms. The lowest BCUT2D eigenvalue weighted by atomic mass is 10.2. The third-order valence-electron chi connectivity index (χ3n) is 2.19. The first-order valence-electron chi connectivity index (χ1n) is 5.06. The number of anilines is 1. The molecule has 0 bridgehead atoms. The van der Waals surface area contributed by atoms with E-state index in [1.807, 2.05) is 6.92 Å². The predicted octanol–water partition coefficient (Wildman–Crippen LogP) is 2.48. The van der Waals surface area contributed by atoms with E-state index in [4.69, 9.17) is 17.3 Å². The van der Waals surface area contributed by atoms with Gasteiger partial charge in [-0.15, -0.1) is 0 Å². The summed E-state index contributed by atoms with van der Waals surface area (Å²) in [6.45, 7) is 1.91. The van der Waals surface area contributed by atoms with Gasteiger partial charge in [0, 0.05) is 12.0 Å². The molecule has 2 rings (SSSR count). The Kier molecular flexibility index (Phi) is 3.19. The smallest absolute Gasteiger partial charge is 0.223 e. The molecule has 0 atom stereocenters. The van der Waals surface area contributed by atoms with Crippen LogP contribution in [0.25, 0.3) is 11.4 Å². The number of aryl methyl sites for hydroxylation is 1. The summed E-state index contributed by atoms with van der Waals surface area (Å²) in [5.74, 6) is 0.657. The van der Waals surface area contributed by atoms with Crippen molar-refractivity contribution >= 4 is 17.5 Å². The van der Waals surface area contributed by atoms with Crippen molar-refractivity contribution in [2.45, 2.75) is 13.3 Å². The summed E-state index contributed by atoms with van der Waals surface area (Å²) in [5.41, 5.74) is 6.18. The summed E-state index contributed by atoms with van der Waals surface area (Å²) in [6, 6.07) is 4.28. The Labute approximate surface area is 103 Å². The minimum absolute atomic E-state index is 0.0273. The maximum absolute atomic E-state index is 13.0. The van der Waals surface area contributed by atoms with Gasteiger partial charge in [-0.1, -0.05) is 18.5 Å². The van der Waals surface area contributed by atoms with Gasteiger partial charge >= 0.3 is 0 Å². The molecule has 88 valence electrons. The van der Waals surface area contributed by atoms with E-state index in [0.717, 1.165) is 0 Å². The average Bonchev–Trinajstić information content (AvgIpc) is 2.32. The molecule has 0 amide bonds. The zero-order valence-corrected chi connectivity index (χ0v) is 9.87. The van der Waals surface area contributed by atoms with Crippen LogP contribution in [0.15, 0.2) is 18.2 Å². The molecule has 0 unspecified atom stereocenters. The maximum atomic E-state index is 13.0. The van der Waals surface area contributed by atoms with Gasteiger partial charge in [0.05, 0.1) is 5.02 Å². The normalized spacial score (nSPS) is 10.5. The second-order valence-corrected chi connectivity index (χ2v) is 3.82. The fraction of sp³-hybridized carbons (Fsp3) is 0.182. The first-order valence-corrected chi connectivity index (χ1v) is 5.43. The molecule has 0 saturated carbocycles. The van der Waals surface area contributed by atoms with Crippen LogP contribution in [0.4, 0.5) is 10.3 Å². The molecule has 2 N–H and O–H groups in total. The van der Waals surface area contributed by atoms with E-state index in [2.05, 4.69) is 15.0 Å². The summed E-state index contributed by atoms with van der Waals surface area (Å²) in [7, 11) is 0. The van der Waals surface area contributed by atoms with Crippen molar-refractivity contribution in [1.29, 1.82) is 0 Å². The molecule has 0 aliphatic heterocycles. The van der Waals surface area contributed by atoms with E-state index in [1.165, 1.54) is 12.1 Å². The number of halogens is 2. The van der Waals surface area contributed by atoms with Crippen molar-refractivity contribution < 1.29 is 4.39 Å². The largest absolute Gasteiger partial charge is 0.368 e. The molecule has 1 aromatic heterocycles. The number of nitrogen functional groups attached to an aromatic ring is 1. The second kappa shape index (κ2) is 4.63. The van der Waals surface area contributed by atoms with Gasteiger partial charge in [0.15, 0.2) is 5.82 Å². The van der Waals surface area contributed by atoms with E-state index in [0.29, 0.717) is 23.6 Å². The second-order valence-electron chi connectivity index (χ2n) is 3.42. The molecule has 0 aliphatic carbocycles. The lowest BCUT2D eigenvalue weighted by molar-refractivity contribution is 0.628. The average molecular weight is 253 g/mol. The van der Waals surface area contributed by atoms with E-state index in [9.17, 15) is 4.39 Å². The summed E-state index contributed by atoms with van der Waals surface area (Å²) in [5, 5.41) is 0.0273. The fourth-order valence-electron chi connectivity index (χ4n) is 1.36. The third kappa shape index (κ3) is 2.50. The first-order chi connectivity index (χ1) is 8.10. The highest BCUT2D eigenvalue weighted by molar-refractivity contribution is 6.31. The van der Waals surface area contributed by atoms with E-state index in [-0.39, 0.29) is 11.0 Å². The summed E-state index contributed by atoms with van der Waals surface area (Å²) >= 11 is 5.70. The topological polar surface area (TPSA) is 64.7 Å². The zero-order valence-electron chi connectivity index (χ0n) is 9.11. The summed E-state index contributed by atoms with van der Waals surface area (Å²) < 4.78 is 13.0. The van der Waals surface area contributed by atoms with Crippen molar-refractivity contribution in [1.82, 2.24) is 15.0 Å². The summed E-state index contributed by atoms with van der Waals surface area (Å²) in [4.78, 5) is 12.2. The molecule has 1 heterocycles. The maximum Gasteiger partial charge on any atom is 0.223 e. The molecular formula is C11H10ClFN4. The van der Waals surface area contributed by atoms with Crippen LogP contribution < -0.4 is 5.73 Å². The van der Waals surface area contributed by atoms with E-state index < -0.39 is 5.82 Å². The highest BCUT2D eigenvalue weighted by atomic mass is 35.5.